The summed E-state index contributed by atoms with van der Waals surface area (Å²) in [5.41, 5.74) is 1.46. The summed E-state index contributed by atoms with van der Waals surface area (Å²) < 4.78 is 58.5. The van der Waals surface area contributed by atoms with Gasteiger partial charge in [-0.15, -0.1) is 0 Å². The van der Waals surface area contributed by atoms with E-state index in [1.165, 1.54) is 30.1 Å². The van der Waals surface area contributed by atoms with Gasteiger partial charge in [-0.05, 0) is 66.2 Å². The molecule has 12 heteroatoms. The minimum absolute atomic E-state index is 0.0584. The third-order valence-corrected chi connectivity index (χ3v) is 7.57. The van der Waals surface area contributed by atoms with Crippen LogP contribution in [0.15, 0.2) is 102 Å². The standard InChI is InChI=1S/C32H23F4N3O4S/c33-24-13-8-20(9-14-24)25-15-10-22(16-37-25)28-27(39-30(43-28)21-6-11-23(12-7-21)32(34,35)36)29(40)38-26(31(41)42)18-44-17-19-4-2-1-3-5-19/h1-16,26H,17-18H2,(H,38,40)(H,41,42)/t26-/m0/s1. The molecular weight excluding hydrogens is 598 g/mol. The number of hydrogen-bond acceptors (Lipinski definition) is 6. The van der Waals surface area contributed by atoms with Gasteiger partial charge in [0, 0.05) is 34.4 Å². The van der Waals surface area contributed by atoms with Crippen molar-refractivity contribution in [1.82, 2.24) is 15.3 Å². The second kappa shape index (κ2) is 13.1. The number of rotatable bonds is 10. The third kappa shape index (κ3) is 7.32. The van der Waals surface area contributed by atoms with Gasteiger partial charge in [0.25, 0.3) is 5.91 Å². The number of nitrogens with one attached hydrogen (secondary N) is 1. The lowest BCUT2D eigenvalue weighted by molar-refractivity contribution is -0.139. The number of pyridine rings is 1. The number of aliphatic carboxylic acids is 1. The molecule has 2 heterocycles. The van der Waals surface area contributed by atoms with E-state index in [1.54, 1.807) is 24.3 Å². The summed E-state index contributed by atoms with van der Waals surface area (Å²) >= 11 is 1.32. The maximum atomic E-state index is 13.4. The van der Waals surface area contributed by atoms with E-state index in [0.717, 1.165) is 29.8 Å². The molecule has 0 aliphatic heterocycles. The highest BCUT2D eigenvalue weighted by Gasteiger charge is 2.31. The summed E-state index contributed by atoms with van der Waals surface area (Å²) in [4.78, 5) is 34.0. The first-order valence-corrected chi connectivity index (χ1v) is 14.3. The molecule has 5 rings (SSSR count). The van der Waals surface area contributed by atoms with E-state index in [4.69, 9.17) is 4.42 Å². The Morgan fingerprint density at radius 2 is 1.55 bits per heavy atom. The largest absolute Gasteiger partial charge is 0.480 e. The molecule has 0 spiro atoms. The number of alkyl halides is 3. The lowest BCUT2D eigenvalue weighted by Crippen LogP contribution is -2.42. The summed E-state index contributed by atoms with van der Waals surface area (Å²) in [5, 5.41) is 12.3. The van der Waals surface area contributed by atoms with E-state index in [9.17, 15) is 32.3 Å². The molecule has 7 nitrogen and oxygen atoms in total. The molecule has 0 radical (unpaired) electrons. The Labute approximate surface area is 253 Å². The van der Waals surface area contributed by atoms with Crippen molar-refractivity contribution in [3.63, 3.8) is 0 Å². The number of oxazole rings is 1. The smallest absolute Gasteiger partial charge is 0.416 e. The summed E-state index contributed by atoms with van der Waals surface area (Å²) in [5.74, 6) is -2.13. The average Bonchev–Trinajstić information content (AvgIpc) is 3.47. The molecule has 44 heavy (non-hydrogen) atoms. The first-order valence-electron chi connectivity index (χ1n) is 13.1. The number of amides is 1. The Morgan fingerprint density at radius 1 is 0.886 bits per heavy atom. The number of benzene rings is 3. The van der Waals surface area contributed by atoms with Crippen LogP contribution in [0.3, 0.4) is 0 Å². The molecular formula is C32H23F4N3O4S. The first kappa shape index (κ1) is 30.5. The first-order chi connectivity index (χ1) is 21.1. The van der Waals surface area contributed by atoms with Crippen LogP contribution in [0.4, 0.5) is 17.6 Å². The third-order valence-electron chi connectivity index (χ3n) is 6.47. The Kier molecular flexibility index (Phi) is 9.09. The molecule has 0 saturated carbocycles. The van der Waals surface area contributed by atoms with Crippen molar-refractivity contribution in [2.24, 2.45) is 0 Å². The predicted molar refractivity (Wildman–Crippen MR) is 157 cm³/mol. The van der Waals surface area contributed by atoms with E-state index < -0.39 is 35.5 Å². The van der Waals surface area contributed by atoms with Gasteiger partial charge in [-0.3, -0.25) is 9.78 Å². The highest BCUT2D eigenvalue weighted by atomic mass is 32.2. The lowest BCUT2D eigenvalue weighted by atomic mass is 10.1. The van der Waals surface area contributed by atoms with Crippen LogP contribution < -0.4 is 5.32 Å². The summed E-state index contributed by atoms with van der Waals surface area (Å²) in [6.07, 6.45) is -3.15. The molecule has 0 saturated heterocycles. The second-order valence-electron chi connectivity index (χ2n) is 9.58. The van der Waals surface area contributed by atoms with Crippen molar-refractivity contribution in [3.8, 4) is 34.0 Å². The molecule has 1 atom stereocenters. The van der Waals surface area contributed by atoms with Gasteiger partial charge in [-0.25, -0.2) is 14.2 Å². The van der Waals surface area contributed by atoms with Crippen molar-refractivity contribution in [3.05, 3.63) is 120 Å². The van der Waals surface area contributed by atoms with Gasteiger partial charge in [0.05, 0.1) is 11.3 Å². The van der Waals surface area contributed by atoms with E-state index in [2.05, 4.69) is 15.3 Å². The van der Waals surface area contributed by atoms with Crippen LogP contribution in [0.1, 0.15) is 21.6 Å². The number of hydrogen-bond donors (Lipinski definition) is 2. The minimum Gasteiger partial charge on any atom is -0.480 e. The monoisotopic (exact) mass is 621 g/mol. The lowest BCUT2D eigenvalue weighted by Gasteiger charge is -2.14. The molecule has 0 aliphatic rings. The fourth-order valence-electron chi connectivity index (χ4n) is 4.18. The predicted octanol–water partition coefficient (Wildman–Crippen LogP) is 7.34. The molecule has 0 fully saturated rings. The van der Waals surface area contributed by atoms with Gasteiger partial charge >= 0.3 is 12.1 Å². The van der Waals surface area contributed by atoms with Gasteiger partial charge in [0.1, 0.15) is 11.9 Å². The molecule has 2 aromatic heterocycles. The molecule has 0 aliphatic carbocycles. The number of carbonyl (C=O) groups is 2. The number of carboxylic acids is 1. The SMILES string of the molecule is O=C(N[C@@H](CSCc1ccccc1)C(=O)O)c1nc(-c2ccc(C(F)(F)F)cc2)oc1-c1ccc(-c2ccc(F)cc2)nc1. The van der Waals surface area contributed by atoms with Gasteiger partial charge in [-0.2, -0.15) is 24.9 Å². The molecule has 3 aromatic carbocycles. The van der Waals surface area contributed by atoms with E-state index in [-0.39, 0.29) is 28.7 Å². The summed E-state index contributed by atoms with van der Waals surface area (Å²) in [6.45, 7) is 0. The zero-order valence-electron chi connectivity index (χ0n) is 22.7. The molecule has 224 valence electrons. The molecule has 2 N–H and O–H groups in total. The van der Waals surface area contributed by atoms with Crippen LogP contribution in [0.2, 0.25) is 0 Å². The van der Waals surface area contributed by atoms with Gasteiger partial charge in [-0.1, -0.05) is 30.3 Å². The molecule has 0 unspecified atom stereocenters. The van der Waals surface area contributed by atoms with Gasteiger partial charge in [0.2, 0.25) is 5.89 Å². The molecule has 1 amide bonds. The van der Waals surface area contributed by atoms with E-state index in [1.807, 2.05) is 30.3 Å². The Hall–Kier alpha value is -4.97. The normalized spacial score (nSPS) is 12.1. The van der Waals surface area contributed by atoms with Crippen LogP contribution in [0.25, 0.3) is 34.0 Å². The fourth-order valence-corrected chi connectivity index (χ4v) is 5.19. The Bertz CT molecular complexity index is 1740. The topological polar surface area (TPSA) is 105 Å². The fraction of sp³-hybridized carbons (Fsp3) is 0.125. The average molecular weight is 622 g/mol. The zero-order valence-corrected chi connectivity index (χ0v) is 23.5. The Balaban J connectivity index is 1.44. The number of thioether (sulfide) groups is 1. The van der Waals surface area contributed by atoms with Crippen LogP contribution in [-0.2, 0) is 16.7 Å². The number of carbonyl (C=O) groups excluding carboxylic acids is 1. The highest BCUT2D eigenvalue weighted by Crippen LogP contribution is 2.34. The maximum Gasteiger partial charge on any atom is 0.416 e. The number of carboxylic acid groups (broad SMARTS) is 1. The Morgan fingerprint density at radius 3 is 2.16 bits per heavy atom. The van der Waals surface area contributed by atoms with Gasteiger partial charge < -0.3 is 14.8 Å². The van der Waals surface area contributed by atoms with Crippen LogP contribution in [0.5, 0.6) is 0 Å². The van der Waals surface area contributed by atoms with Crippen LogP contribution >= 0.6 is 11.8 Å². The quantitative estimate of drug-likeness (QED) is 0.157. The van der Waals surface area contributed by atoms with Crippen molar-refractivity contribution < 1.29 is 36.7 Å². The van der Waals surface area contributed by atoms with Crippen LogP contribution in [0, 0.1) is 5.82 Å². The maximum absolute atomic E-state index is 13.4. The highest BCUT2D eigenvalue weighted by molar-refractivity contribution is 7.98. The van der Waals surface area contributed by atoms with Crippen molar-refractivity contribution in [2.45, 2.75) is 18.0 Å². The van der Waals surface area contributed by atoms with Crippen molar-refractivity contribution in [2.75, 3.05) is 5.75 Å². The second-order valence-corrected chi connectivity index (χ2v) is 10.6. The van der Waals surface area contributed by atoms with Crippen molar-refractivity contribution in [1.29, 1.82) is 0 Å². The molecule has 0 bridgehead atoms. The van der Waals surface area contributed by atoms with E-state index >= 15 is 0 Å². The zero-order chi connectivity index (χ0) is 31.3. The minimum atomic E-state index is -4.55. The summed E-state index contributed by atoms with van der Waals surface area (Å²) in [7, 11) is 0. The number of nitrogens with zero attached hydrogens (tertiary/aromatic N) is 2. The number of aromatic nitrogens is 2. The van der Waals surface area contributed by atoms with Crippen molar-refractivity contribution >= 4 is 23.6 Å². The van der Waals surface area contributed by atoms with Crippen LogP contribution in [-0.4, -0.2) is 38.7 Å². The number of halogens is 4. The van der Waals surface area contributed by atoms with E-state index in [0.29, 0.717) is 22.6 Å². The summed E-state index contributed by atoms with van der Waals surface area (Å²) in [6, 6.07) is 21.1. The van der Waals surface area contributed by atoms with Gasteiger partial charge in [0.15, 0.2) is 11.5 Å². The molecule has 5 aromatic rings.